The summed E-state index contributed by atoms with van der Waals surface area (Å²) >= 11 is 0. The van der Waals surface area contributed by atoms with Gasteiger partial charge in [-0.3, -0.25) is 58.3 Å². The predicted octanol–water partition coefficient (Wildman–Crippen LogP) is 3.34. The number of benzene rings is 4. The molecule has 0 saturated heterocycles. The quantitative estimate of drug-likeness (QED) is 0.0437. The monoisotopic (exact) mass is 972 g/mol. The normalized spacial score (nSPS) is 15.4. The molecule has 2 atom stereocenters. The van der Waals surface area contributed by atoms with Crippen molar-refractivity contribution in [1.82, 2.24) is 0 Å². The number of carbonyl (C=O) groups is 8. The van der Waals surface area contributed by atoms with Crippen LogP contribution in [0.3, 0.4) is 0 Å². The van der Waals surface area contributed by atoms with Crippen LogP contribution >= 0.6 is 0 Å². The van der Waals surface area contributed by atoms with Crippen LogP contribution in [-0.2, 0) is 49.0 Å². The van der Waals surface area contributed by atoms with E-state index in [0.29, 0.717) is 0 Å². The van der Waals surface area contributed by atoms with Crippen LogP contribution in [0, 0.1) is 0 Å². The van der Waals surface area contributed by atoms with Gasteiger partial charge in [-0.15, -0.1) is 0 Å². The van der Waals surface area contributed by atoms with Gasteiger partial charge in [-0.1, -0.05) is 24.3 Å². The molecule has 24 nitrogen and oxygen atoms in total. The summed E-state index contributed by atoms with van der Waals surface area (Å²) < 4.78 is 69.6. The van der Waals surface area contributed by atoms with E-state index in [0.717, 1.165) is 36.4 Å². The molecule has 6 rings (SSSR count). The minimum Gasteiger partial charge on any atom is -0.481 e. The van der Waals surface area contributed by atoms with Gasteiger partial charge in [-0.2, -0.15) is 27.0 Å². The molecule has 2 unspecified atom stereocenters. The Morgan fingerprint density at radius 3 is 1.12 bits per heavy atom. The van der Waals surface area contributed by atoms with Gasteiger partial charge >= 0.3 is 35.7 Å². The third kappa shape index (κ3) is 11.2. The number of hydrazone groups is 2. The third-order valence-corrected chi connectivity index (χ3v) is 11.6. The van der Waals surface area contributed by atoms with Crippen molar-refractivity contribution in [3.63, 3.8) is 0 Å². The summed E-state index contributed by atoms with van der Waals surface area (Å²) in [5.41, 5.74) is 2.94. The number of carboxylic acids is 4. The lowest BCUT2D eigenvalue weighted by molar-refractivity contribution is -0.145. The summed E-state index contributed by atoms with van der Waals surface area (Å²) in [4.78, 5) is 96.3. The number of fused-ring (bicyclic) bond motifs is 2. The molecule has 4 aromatic rings. The van der Waals surface area contributed by atoms with Crippen molar-refractivity contribution in [3.05, 3.63) is 128 Å². The molecule has 0 bridgehead atoms. The number of anilines is 4. The van der Waals surface area contributed by atoms with Crippen LogP contribution in [-0.4, -0.2) is 105 Å². The van der Waals surface area contributed by atoms with E-state index >= 15 is 0 Å². The fourth-order valence-electron chi connectivity index (χ4n) is 6.68. The summed E-state index contributed by atoms with van der Waals surface area (Å²) in [7, 11) is -10.3. The number of Topliss-reactive ketones (excluding diaryl/α,β-unsaturated/α-hetero) is 2. The Morgan fingerprint density at radius 1 is 0.500 bits per heavy atom. The van der Waals surface area contributed by atoms with E-state index in [1.54, 1.807) is 0 Å². The Balaban J connectivity index is 1.16. The van der Waals surface area contributed by atoms with Crippen molar-refractivity contribution >= 4 is 114 Å². The maximum atomic E-state index is 13.5. The van der Waals surface area contributed by atoms with Gasteiger partial charge in [0, 0.05) is 22.5 Å². The number of amides is 2. The van der Waals surface area contributed by atoms with E-state index < -0.39 is 113 Å². The molecule has 0 saturated carbocycles. The number of rotatable bonds is 16. The maximum Gasteiger partial charge on any atom is 0.314 e. The first kappa shape index (κ1) is 48.7. The Morgan fingerprint density at radius 2 is 0.824 bits per heavy atom. The van der Waals surface area contributed by atoms with Gasteiger partial charge in [0.25, 0.3) is 20.2 Å². The van der Waals surface area contributed by atoms with Crippen molar-refractivity contribution in [2.45, 2.75) is 24.7 Å². The zero-order valence-corrected chi connectivity index (χ0v) is 35.7. The van der Waals surface area contributed by atoms with Gasteiger partial charge in [-0.25, -0.2) is 0 Å². The van der Waals surface area contributed by atoms with E-state index in [9.17, 15) is 74.5 Å². The van der Waals surface area contributed by atoms with Crippen LogP contribution in [0.15, 0.2) is 105 Å². The Bertz CT molecular complexity index is 3000. The van der Waals surface area contributed by atoms with Gasteiger partial charge in [-0.05, 0) is 95.1 Å². The second-order valence-electron chi connectivity index (χ2n) is 14.5. The van der Waals surface area contributed by atoms with Gasteiger partial charge in [0.1, 0.15) is 9.81 Å². The molecule has 0 fully saturated rings. The number of allylic oxidation sites excluding steroid dienone is 2. The third-order valence-electron chi connectivity index (χ3n) is 9.91. The highest BCUT2D eigenvalue weighted by Crippen LogP contribution is 2.31. The smallest absolute Gasteiger partial charge is 0.314 e. The molecule has 0 heterocycles. The molecule has 10 N–H and O–H groups in total. The summed E-state index contributed by atoms with van der Waals surface area (Å²) in [6.45, 7) is 0. The molecule has 2 amide bonds. The fourth-order valence-corrected chi connectivity index (χ4v) is 7.99. The number of nitrogens with one attached hydrogen (secondary N) is 4. The molecule has 4 aromatic carbocycles. The zero-order chi connectivity index (χ0) is 49.8. The highest BCUT2D eigenvalue weighted by Gasteiger charge is 2.35. The molecule has 0 aliphatic heterocycles. The minimum atomic E-state index is -5.14. The molecule has 2 aliphatic carbocycles. The molecular formula is C42H32N6O18S2. The topological polar surface area (TPSA) is 399 Å². The molecular weight excluding hydrogens is 941 g/mol. The lowest BCUT2D eigenvalue weighted by Gasteiger charge is -2.18. The number of hydrogen-bond donors (Lipinski definition) is 10. The standard InChI is InChI=1S/C42H32N6O18S2/c49-33(50)17-29(41(57)58)19-1-5-23(6-2-19)45-47-35-31(67(61,62)63)15-21-13-25(9-11-27(21)37(35)53)43-39(55)40(56)44-26-10-12-28-22(14-26)16-32(68(64,65)66)36(38(28)54)48-46-24-7-3-20(4-8-24)30(42(59)60)18-34(51)52/h1-16,29-30,45-46H,17-18H2,(H,43,55)(H,44,56)(H,49,50)(H,51,52)(H,57,58)(H,59,60)(H,61,62,63)(H,64,65,66). The van der Waals surface area contributed by atoms with E-state index in [1.165, 1.54) is 60.7 Å². The first-order valence-electron chi connectivity index (χ1n) is 19.1. The average molecular weight is 973 g/mol. The number of nitrogens with zero attached hydrogens (tertiary/aromatic N) is 2. The molecule has 0 aromatic heterocycles. The van der Waals surface area contributed by atoms with Crippen LogP contribution in [0.5, 0.6) is 0 Å². The number of ketones is 2. The van der Waals surface area contributed by atoms with Crippen LogP contribution in [0.1, 0.15) is 67.6 Å². The van der Waals surface area contributed by atoms with Gasteiger partial charge in [0.2, 0.25) is 11.6 Å². The van der Waals surface area contributed by atoms with E-state index in [2.05, 4.69) is 31.7 Å². The first-order chi connectivity index (χ1) is 31.9. The lowest BCUT2D eigenvalue weighted by Crippen LogP contribution is -2.30. The van der Waals surface area contributed by atoms with Gasteiger partial charge in [0.15, 0.2) is 11.4 Å². The van der Waals surface area contributed by atoms with Crippen LogP contribution in [0.2, 0.25) is 0 Å². The number of aliphatic carboxylic acids is 4. The van der Waals surface area contributed by atoms with Crippen molar-refractivity contribution < 1.29 is 84.7 Å². The summed E-state index contributed by atoms with van der Waals surface area (Å²) in [5, 5.41) is 49.0. The molecule has 26 heteroatoms. The molecule has 350 valence electrons. The Hall–Kier alpha value is -8.72. The van der Waals surface area contributed by atoms with Crippen LogP contribution < -0.4 is 21.5 Å². The molecule has 2 aliphatic rings. The first-order valence-corrected chi connectivity index (χ1v) is 21.9. The average Bonchev–Trinajstić information content (AvgIpc) is 3.26. The maximum absolute atomic E-state index is 13.5. The Kier molecular flexibility index (Phi) is 13.9. The number of hydrogen-bond acceptors (Lipinski definition) is 16. The highest BCUT2D eigenvalue weighted by atomic mass is 32.2. The predicted molar refractivity (Wildman–Crippen MR) is 238 cm³/mol. The van der Waals surface area contributed by atoms with Crippen LogP contribution in [0.25, 0.3) is 12.2 Å². The van der Waals surface area contributed by atoms with Crippen molar-refractivity contribution in [2.75, 3.05) is 21.5 Å². The highest BCUT2D eigenvalue weighted by molar-refractivity contribution is 7.91. The minimum absolute atomic E-state index is 0.111. The fraction of sp³-hybridized carbons (Fsp3) is 0.0952. The molecule has 0 spiro atoms. The van der Waals surface area contributed by atoms with Gasteiger partial charge in [0.05, 0.1) is 36.1 Å². The molecule has 0 radical (unpaired) electrons. The number of carbonyl (C=O) groups excluding carboxylic acids is 4. The zero-order valence-electron chi connectivity index (χ0n) is 34.1. The van der Waals surface area contributed by atoms with Gasteiger partial charge < -0.3 is 31.1 Å². The van der Waals surface area contributed by atoms with E-state index in [-0.39, 0.29) is 56.1 Å². The second kappa shape index (κ2) is 19.4. The van der Waals surface area contributed by atoms with Crippen LogP contribution in [0.4, 0.5) is 22.7 Å². The lowest BCUT2D eigenvalue weighted by atomic mass is 9.94. The SMILES string of the molecule is O=C(O)CC(C(=O)O)c1ccc(NN=C2C(=O)c3ccc(NC(=O)C(=O)Nc4ccc5c(c4)C=C(S(=O)(=O)O)C(=NNc4ccc(C(CC(=O)O)C(=O)O)cc4)C5=O)cc3C=C2S(=O)(=O)O)cc1. The van der Waals surface area contributed by atoms with Crippen molar-refractivity contribution in [2.24, 2.45) is 10.2 Å². The summed E-state index contributed by atoms with van der Waals surface area (Å²) in [6, 6.07) is 17.2. The summed E-state index contributed by atoms with van der Waals surface area (Å²) in [5.74, 6) is -12.9. The number of carboxylic acid groups (broad SMARTS) is 4. The molecule has 68 heavy (non-hydrogen) atoms. The van der Waals surface area contributed by atoms with E-state index in [4.69, 9.17) is 10.2 Å². The van der Waals surface area contributed by atoms with Crippen molar-refractivity contribution in [3.8, 4) is 0 Å². The Labute approximate surface area is 381 Å². The second-order valence-corrected chi connectivity index (χ2v) is 17.3. The largest absolute Gasteiger partial charge is 0.481 e. The van der Waals surface area contributed by atoms with Crippen molar-refractivity contribution in [1.29, 1.82) is 0 Å². The van der Waals surface area contributed by atoms with E-state index in [1.807, 2.05) is 0 Å². The summed E-state index contributed by atoms with van der Waals surface area (Å²) in [6.07, 6.45) is 0.324.